The molecule has 2 aromatic carbocycles. The molecule has 2 atom stereocenters. The second kappa shape index (κ2) is 6.53. The molecule has 4 aromatic rings. The van der Waals surface area contributed by atoms with Crippen molar-refractivity contribution in [2.24, 2.45) is 0 Å². The zero-order chi connectivity index (χ0) is 20.2. The van der Waals surface area contributed by atoms with Crippen molar-refractivity contribution in [1.29, 1.82) is 0 Å². The van der Waals surface area contributed by atoms with Crippen LogP contribution >= 0.6 is 11.3 Å². The molecule has 0 radical (unpaired) electrons. The van der Waals surface area contributed by atoms with E-state index in [-0.39, 0.29) is 18.0 Å². The smallest absolute Gasteiger partial charge is 0.226 e. The van der Waals surface area contributed by atoms with Crippen LogP contribution in [0.25, 0.3) is 5.70 Å². The van der Waals surface area contributed by atoms with E-state index in [0.717, 1.165) is 38.6 Å². The summed E-state index contributed by atoms with van der Waals surface area (Å²) in [7, 11) is 0. The van der Waals surface area contributed by atoms with E-state index in [0.29, 0.717) is 5.95 Å². The summed E-state index contributed by atoms with van der Waals surface area (Å²) in [4.78, 5) is 5.52. The van der Waals surface area contributed by atoms with Gasteiger partial charge in [0.1, 0.15) is 23.9 Å². The summed E-state index contributed by atoms with van der Waals surface area (Å²) in [5.74, 6) is 1.22. The lowest BCUT2D eigenvalue weighted by molar-refractivity contribution is 0.226. The van der Waals surface area contributed by atoms with Crippen LogP contribution in [0.5, 0.6) is 5.75 Å². The molecule has 0 unspecified atom stereocenters. The quantitative estimate of drug-likeness (QED) is 0.479. The normalized spacial score (nSPS) is 19.4. The Morgan fingerprint density at radius 2 is 2.00 bits per heavy atom. The summed E-state index contributed by atoms with van der Waals surface area (Å²) in [6, 6.07) is 16.6. The van der Waals surface area contributed by atoms with E-state index in [2.05, 4.69) is 40.5 Å². The van der Waals surface area contributed by atoms with Gasteiger partial charge in [-0.05, 0) is 48.2 Å². The van der Waals surface area contributed by atoms with Gasteiger partial charge in [-0.2, -0.15) is 10.1 Å². The van der Waals surface area contributed by atoms with Crippen LogP contribution in [0.2, 0.25) is 0 Å². The summed E-state index contributed by atoms with van der Waals surface area (Å²) in [5, 5.41) is 10.0. The van der Waals surface area contributed by atoms with Crippen LogP contribution in [0.15, 0.2) is 71.9 Å². The van der Waals surface area contributed by atoms with Gasteiger partial charge in [-0.15, -0.1) is 11.3 Å². The number of nitrogens with zero attached hydrogens (tertiary/aromatic N) is 3. The molecular weight excluding hydrogens is 399 g/mol. The third-order valence-corrected chi connectivity index (χ3v) is 6.47. The largest absolute Gasteiger partial charge is 0.480 e. The van der Waals surface area contributed by atoms with Gasteiger partial charge in [0.15, 0.2) is 6.10 Å². The number of anilines is 1. The van der Waals surface area contributed by atoms with Crippen molar-refractivity contribution in [2.75, 3.05) is 5.32 Å². The number of hydrogen-bond donors (Lipinski definition) is 1. The highest BCUT2D eigenvalue weighted by atomic mass is 32.1. The summed E-state index contributed by atoms with van der Waals surface area (Å²) in [5.41, 5.74) is 5.09. The Bertz CT molecular complexity index is 1280. The Kier molecular flexibility index (Phi) is 3.79. The summed E-state index contributed by atoms with van der Waals surface area (Å²) in [6.45, 7) is 2.06. The first kappa shape index (κ1) is 17.4. The first-order chi connectivity index (χ1) is 14.7. The molecule has 148 valence electrons. The van der Waals surface area contributed by atoms with Gasteiger partial charge in [0.25, 0.3) is 0 Å². The number of benzene rings is 2. The van der Waals surface area contributed by atoms with E-state index in [1.54, 1.807) is 23.5 Å². The Labute approximate surface area is 176 Å². The molecule has 2 aliphatic rings. The van der Waals surface area contributed by atoms with Crippen LogP contribution in [0.1, 0.15) is 33.7 Å². The third-order valence-electron chi connectivity index (χ3n) is 5.56. The van der Waals surface area contributed by atoms with E-state index in [4.69, 9.17) is 4.74 Å². The minimum atomic E-state index is -0.282. The van der Waals surface area contributed by atoms with Crippen molar-refractivity contribution < 1.29 is 9.13 Å². The number of rotatable bonds is 2. The van der Waals surface area contributed by atoms with Crippen molar-refractivity contribution in [2.45, 2.75) is 19.1 Å². The van der Waals surface area contributed by atoms with Crippen molar-refractivity contribution in [3.63, 3.8) is 0 Å². The summed E-state index contributed by atoms with van der Waals surface area (Å²) < 4.78 is 22.1. The van der Waals surface area contributed by atoms with E-state index in [1.807, 2.05) is 22.2 Å². The van der Waals surface area contributed by atoms with Crippen molar-refractivity contribution in [3.05, 3.63) is 99.3 Å². The van der Waals surface area contributed by atoms with Crippen LogP contribution in [0, 0.1) is 12.7 Å². The molecule has 5 nitrogen and oxygen atoms in total. The van der Waals surface area contributed by atoms with Gasteiger partial charge < -0.3 is 10.1 Å². The zero-order valence-electron chi connectivity index (χ0n) is 16.0. The van der Waals surface area contributed by atoms with Gasteiger partial charge in [0.2, 0.25) is 5.95 Å². The molecule has 6 rings (SSSR count). The van der Waals surface area contributed by atoms with Gasteiger partial charge in [-0.25, -0.2) is 9.07 Å². The fraction of sp³-hybridized carbons (Fsp3) is 0.130. The molecule has 2 aliphatic heterocycles. The van der Waals surface area contributed by atoms with Crippen LogP contribution in [-0.4, -0.2) is 14.8 Å². The monoisotopic (exact) mass is 416 g/mol. The first-order valence-electron chi connectivity index (χ1n) is 9.66. The van der Waals surface area contributed by atoms with Crippen LogP contribution in [-0.2, 0) is 0 Å². The number of halogens is 1. The number of aromatic nitrogens is 3. The van der Waals surface area contributed by atoms with E-state index >= 15 is 0 Å². The molecule has 0 saturated heterocycles. The summed E-state index contributed by atoms with van der Waals surface area (Å²) >= 11 is 1.65. The van der Waals surface area contributed by atoms with E-state index < -0.39 is 0 Å². The average molecular weight is 416 g/mol. The molecule has 2 aromatic heterocycles. The molecule has 0 amide bonds. The fourth-order valence-electron chi connectivity index (χ4n) is 4.23. The second-order valence-electron chi connectivity index (χ2n) is 7.45. The number of ether oxygens (including phenoxy) is 1. The minimum Gasteiger partial charge on any atom is -0.480 e. The van der Waals surface area contributed by atoms with Gasteiger partial charge in [0, 0.05) is 16.0 Å². The Morgan fingerprint density at radius 1 is 1.13 bits per heavy atom. The maximum atomic E-state index is 13.7. The molecule has 0 saturated carbocycles. The van der Waals surface area contributed by atoms with Gasteiger partial charge in [0.05, 0.1) is 5.70 Å². The van der Waals surface area contributed by atoms with Crippen LogP contribution in [0.4, 0.5) is 10.3 Å². The SMILES string of the molecule is Cc1ccc2c(c1)C1=C([C@@H](c3cccs3)O2)[C@@H](c2ccc(F)cc2)n2ncnc2N1. The molecule has 4 heterocycles. The molecule has 0 aliphatic carbocycles. The number of thiophene rings is 1. The van der Waals surface area contributed by atoms with Gasteiger partial charge in [-0.1, -0.05) is 29.8 Å². The van der Waals surface area contributed by atoms with Crippen LogP contribution in [0.3, 0.4) is 0 Å². The Hall–Kier alpha value is -3.45. The first-order valence-corrected chi connectivity index (χ1v) is 10.5. The van der Waals surface area contributed by atoms with Gasteiger partial charge in [-0.3, -0.25) is 0 Å². The molecule has 0 fully saturated rings. The van der Waals surface area contributed by atoms with Crippen molar-refractivity contribution >= 4 is 23.0 Å². The van der Waals surface area contributed by atoms with E-state index in [1.165, 1.54) is 18.5 Å². The van der Waals surface area contributed by atoms with E-state index in [9.17, 15) is 4.39 Å². The number of nitrogens with one attached hydrogen (secondary N) is 1. The minimum absolute atomic E-state index is 0.264. The number of hydrogen-bond acceptors (Lipinski definition) is 5. The highest BCUT2D eigenvalue weighted by Crippen LogP contribution is 2.51. The topological polar surface area (TPSA) is 52.0 Å². The lowest BCUT2D eigenvalue weighted by Gasteiger charge is -2.38. The molecular formula is C23H17FN4OS. The molecule has 30 heavy (non-hydrogen) atoms. The molecule has 0 spiro atoms. The highest BCUT2D eigenvalue weighted by molar-refractivity contribution is 7.10. The predicted molar refractivity (Wildman–Crippen MR) is 114 cm³/mol. The van der Waals surface area contributed by atoms with Gasteiger partial charge >= 0.3 is 0 Å². The molecule has 0 bridgehead atoms. The highest BCUT2D eigenvalue weighted by Gasteiger charge is 2.41. The van der Waals surface area contributed by atoms with Crippen LogP contribution < -0.4 is 10.1 Å². The molecule has 7 heteroatoms. The second-order valence-corrected chi connectivity index (χ2v) is 8.43. The lowest BCUT2D eigenvalue weighted by Crippen LogP contribution is -2.32. The third kappa shape index (κ3) is 2.59. The lowest BCUT2D eigenvalue weighted by atomic mass is 9.86. The fourth-order valence-corrected chi connectivity index (χ4v) is 5.00. The van der Waals surface area contributed by atoms with Crippen molar-refractivity contribution in [3.8, 4) is 5.75 Å². The van der Waals surface area contributed by atoms with Crippen molar-refractivity contribution in [1.82, 2.24) is 14.8 Å². The average Bonchev–Trinajstić information content (AvgIpc) is 3.44. The number of fused-ring (bicyclic) bond motifs is 3. The predicted octanol–water partition coefficient (Wildman–Crippen LogP) is 5.35. The zero-order valence-corrected chi connectivity index (χ0v) is 16.9. The standard InChI is InChI=1S/C23H17FN4OS/c1-13-4-9-17-16(11-13)20-19(22(29-17)18-3-2-10-30-18)21(14-5-7-15(24)8-6-14)28-23(27-20)25-12-26-28/h2-12,21-22H,1H3,(H,25,26,27)/t21-,22-/m1/s1. The molecule has 1 N–H and O–H groups in total. The Balaban J connectivity index is 1.64. The Morgan fingerprint density at radius 3 is 2.80 bits per heavy atom. The number of aryl methyl sites for hydroxylation is 1. The maximum absolute atomic E-state index is 13.7. The summed E-state index contributed by atoms with van der Waals surface area (Å²) in [6.07, 6.45) is 1.25. The maximum Gasteiger partial charge on any atom is 0.226 e.